The molecule has 34 heavy (non-hydrogen) atoms. The van der Waals surface area contributed by atoms with Crippen molar-refractivity contribution in [2.75, 3.05) is 12.0 Å². The normalized spacial score (nSPS) is 17.8. The number of carbonyl (C=O) groups excluding carboxylic acids is 2. The first-order chi connectivity index (χ1) is 16.1. The highest BCUT2D eigenvalue weighted by Gasteiger charge is 2.49. The Hall–Kier alpha value is -4.21. The first-order valence-electron chi connectivity index (χ1n) is 9.97. The van der Waals surface area contributed by atoms with E-state index < -0.39 is 35.6 Å². The topological polar surface area (TPSA) is 89.2 Å². The molecule has 10 heteroatoms. The Kier molecular flexibility index (Phi) is 5.82. The number of anilines is 1. The third kappa shape index (κ3) is 4.21. The van der Waals surface area contributed by atoms with Crippen LogP contribution in [0.2, 0.25) is 0 Å². The highest BCUT2D eigenvalue weighted by molar-refractivity contribution is 6.51. The van der Waals surface area contributed by atoms with Crippen LogP contribution < -0.4 is 14.4 Å². The molecular formula is C24H18F3NO6. The second-order valence-corrected chi connectivity index (χ2v) is 7.36. The number of carbonyl (C=O) groups is 2. The Morgan fingerprint density at radius 3 is 2.44 bits per heavy atom. The van der Waals surface area contributed by atoms with E-state index in [9.17, 15) is 27.9 Å². The number of halogens is 3. The number of furan rings is 1. The lowest BCUT2D eigenvalue weighted by Crippen LogP contribution is -2.29. The fourth-order valence-electron chi connectivity index (χ4n) is 3.78. The van der Waals surface area contributed by atoms with Gasteiger partial charge in [0.1, 0.15) is 34.8 Å². The Bertz CT molecular complexity index is 1290. The zero-order valence-electron chi connectivity index (χ0n) is 17.9. The summed E-state index contributed by atoms with van der Waals surface area (Å²) in [5, 5.41) is 11.1. The van der Waals surface area contributed by atoms with E-state index in [1.165, 1.54) is 31.4 Å². The number of aliphatic hydroxyl groups excluding tert-OH is 1. The number of amides is 1. The van der Waals surface area contributed by atoms with Gasteiger partial charge in [-0.2, -0.15) is 0 Å². The standard InChI is InChI=1S/C24H18F3NO6/c1-13-10-11-18(33-13)20-19(21(29)16-8-3-4-9-17(16)32-2)22(30)23(31)28(20)14-6-5-7-15(12-14)34-24(25,26)27/h3-12,20,29H,1-2H3/b21-19-. The van der Waals surface area contributed by atoms with E-state index in [2.05, 4.69) is 4.74 Å². The number of aliphatic hydroxyl groups is 1. The van der Waals surface area contributed by atoms with Crippen molar-refractivity contribution in [2.45, 2.75) is 19.3 Å². The summed E-state index contributed by atoms with van der Waals surface area (Å²) < 4.78 is 53.1. The van der Waals surface area contributed by atoms with Crippen LogP contribution >= 0.6 is 0 Å². The Labute approximate surface area is 191 Å². The molecule has 0 bridgehead atoms. The van der Waals surface area contributed by atoms with Gasteiger partial charge in [-0.3, -0.25) is 14.5 Å². The van der Waals surface area contributed by atoms with Crippen LogP contribution in [-0.4, -0.2) is 30.3 Å². The van der Waals surface area contributed by atoms with Crippen LogP contribution in [-0.2, 0) is 9.59 Å². The van der Waals surface area contributed by atoms with Gasteiger partial charge in [-0.15, -0.1) is 13.2 Å². The number of hydrogen-bond acceptors (Lipinski definition) is 6. The largest absolute Gasteiger partial charge is 0.573 e. The van der Waals surface area contributed by atoms with Gasteiger partial charge in [-0.05, 0) is 43.3 Å². The Morgan fingerprint density at radius 2 is 1.79 bits per heavy atom. The molecule has 1 aliphatic rings. The van der Waals surface area contributed by atoms with Gasteiger partial charge in [-0.1, -0.05) is 18.2 Å². The molecule has 0 aliphatic carbocycles. The van der Waals surface area contributed by atoms with Crippen molar-refractivity contribution in [1.82, 2.24) is 0 Å². The summed E-state index contributed by atoms with van der Waals surface area (Å²) in [6.45, 7) is 1.65. The maximum Gasteiger partial charge on any atom is 0.573 e. The summed E-state index contributed by atoms with van der Waals surface area (Å²) in [5.41, 5.74) is -0.196. The minimum atomic E-state index is -4.95. The van der Waals surface area contributed by atoms with Gasteiger partial charge in [0.2, 0.25) is 0 Å². The smallest absolute Gasteiger partial charge is 0.507 e. The fourth-order valence-corrected chi connectivity index (χ4v) is 3.78. The lowest BCUT2D eigenvalue weighted by Gasteiger charge is -2.24. The van der Waals surface area contributed by atoms with Crippen molar-refractivity contribution in [1.29, 1.82) is 0 Å². The van der Waals surface area contributed by atoms with Crippen LogP contribution in [0.15, 0.2) is 70.7 Å². The van der Waals surface area contributed by atoms with Crippen molar-refractivity contribution >= 4 is 23.1 Å². The second kappa shape index (κ2) is 8.62. The molecule has 1 amide bonds. The average Bonchev–Trinajstić information content (AvgIpc) is 3.33. The van der Waals surface area contributed by atoms with Crippen molar-refractivity contribution in [3.63, 3.8) is 0 Å². The number of methoxy groups -OCH3 is 1. The molecule has 1 aromatic heterocycles. The van der Waals surface area contributed by atoms with Gasteiger partial charge < -0.3 is 19.0 Å². The van der Waals surface area contributed by atoms with E-state index in [4.69, 9.17) is 9.15 Å². The summed E-state index contributed by atoms with van der Waals surface area (Å²) >= 11 is 0. The monoisotopic (exact) mass is 473 g/mol. The number of aryl methyl sites for hydroxylation is 1. The Morgan fingerprint density at radius 1 is 1.06 bits per heavy atom. The van der Waals surface area contributed by atoms with Crippen LogP contribution in [0.1, 0.15) is 23.1 Å². The number of ether oxygens (including phenoxy) is 2. The van der Waals surface area contributed by atoms with Gasteiger partial charge in [0, 0.05) is 11.8 Å². The lowest BCUT2D eigenvalue weighted by molar-refractivity contribution is -0.274. The zero-order chi connectivity index (χ0) is 24.6. The highest BCUT2D eigenvalue weighted by atomic mass is 19.4. The molecule has 1 atom stereocenters. The maximum atomic E-state index is 13.1. The second-order valence-electron chi connectivity index (χ2n) is 7.36. The predicted molar refractivity (Wildman–Crippen MR) is 114 cm³/mol. The molecule has 0 radical (unpaired) electrons. The number of Topliss-reactive ketones (excluding diaryl/α,β-unsaturated/α-hetero) is 1. The van der Waals surface area contributed by atoms with E-state index in [1.54, 1.807) is 31.2 Å². The molecule has 0 saturated carbocycles. The molecule has 3 aromatic rings. The minimum Gasteiger partial charge on any atom is -0.507 e. The first kappa shape index (κ1) is 23.0. The molecule has 1 fully saturated rings. The van der Waals surface area contributed by atoms with Gasteiger partial charge in [0.15, 0.2) is 0 Å². The van der Waals surface area contributed by atoms with E-state index in [1.807, 2.05) is 0 Å². The molecule has 1 saturated heterocycles. The number of benzene rings is 2. The molecule has 1 unspecified atom stereocenters. The van der Waals surface area contributed by atoms with Gasteiger partial charge in [0.05, 0.1) is 18.2 Å². The summed E-state index contributed by atoms with van der Waals surface area (Å²) in [7, 11) is 1.38. The summed E-state index contributed by atoms with van der Waals surface area (Å²) in [5.74, 6) is -2.33. The molecule has 2 aromatic carbocycles. The number of alkyl halides is 3. The van der Waals surface area contributed by atoms with Crippen LogP contribution in [0.3, 0.4) is 0 Å². The van der Waals surface area contributed by atoms with Crippen molar-refractivity contribution < 1.29 is 41.8 Å². The maximum absolute atomic E-state index is 13.1. The van der Waals surface area contributed by atoms with Crippen LogP contribution in [0.4, 0.5) is 18.9 Å². The minimum absolute atomic E-state index is 0.0537. The van der Waals surface area contributed by atoms with Crippen LogP contribution in [0, 0.1) is 6.92 Å². The van der Waals surface area contributed by atoms with E-state index >= 15 is 0 Å². The number of nitrogens with zero attached hydrogens (tertiary/aromatic N) is 1. The van der Waals surface area contributed by atoms with Gasteiger partial charge >= 0.3 is 6.36 Å². The third-order valence-electron chi connectivity index (χ3n) is 5.17. The number of para-hydroxylation sites is 1. The molecule has 1 N–H and O–H groups in total. The van der Waals surface area contributed by atoms with Crippen molar-refractivity contribution in [3.8, 4) is 11.5 Å². The Balaban J connectivity index is 1.91. The van der Waals surface area contributed by atoms with E-state index in [-0.39, 0.29) is 28.3 Å². The number of rotatable bonds is 5. The molecule has 2 heterocycles. The first-order valence-corrected chi connectivity index (χ1v) is 9.97. The molecule has 0 spiro atoms. The van der Waals surface area contributed by atoms with Crippen molar-refractivity contribution in [2.24, 2.45) is 0 Å². The predicted octanol–water partition coefficient (Wildman–Crippen LogP) is 5.12. The zero-order valence-corrected chi connectivity index (χ0v) is 17.9. The summed E-state index contributed by atoms with van der Waals surface area (Å²) in [6, 6.07) is 12.8. The van der Waals surface area contributed by atoms with Crippen LogP contribution in [0.5, 0.6) is 11.5 Å². The van der Waals surface area contributed by atoms with E-state index in [0.29, 0.717) is 5.76 Å². The molecular weight excluding hydrogens is 455 g/mol. The van der Waals surface area contributed by atoms with Crippen LogP contribution in [0.25, 0.3) is 5.76 Å². The third-order valence-corrected chi connectivity index (χ3v) is 5.17. The SMILES string of the molecule is COc1ccccc1/C(O)=C1/C(=O)C(=O)N(c2cccc(OC(F)(F)F)c2)C1c1ccc(C)o1. The summed E-state index contributed by atoms with van der Waals surface area (Å²) in [6.07, 6.45) is -4.95. The molecule has 7 nitrogen and oxygen atoms in total. The molecule has 4 rings (SSSR count). The fraction of sp³-hybridized carbons (Fsp3) is 0.167. The summed E-state index contributed by atoms with van der Waals surface area (Å²) in [4.78, 5) is 27.2. The molecule has 1 aliphatic heterocycles. The van der Waals surface area contributed by atoms with Gasteiger partial charge in [-0.25, -0.2) is 0 Å². The lowest BCUT2D eigenvalue weighted by atomic mass is 9.98. The van der Waals surface area contributed by atoms with Gasteiger partial charge in [0.25, 0.3) is 11.7 Å². The van der Waals surface area contributed by atoms with E-state index in [0.717, 1.165) is 17.0 Å². The quantitative estimate of drug-likeness (QED) is 0.314. The van der Waals surface area contributed by atoms with Crippen molar-refractivity contribution in [3.05, 3.63) is 83.3 Å². The number of hydrogen-bond donors (Lipinski definition) is 1. The highest BCUT2D eigenvalue weighted by Crippen LogP contribution is 2.44. The molecule has 176 valence electrons. The average molecular weight is 473 g/mol. The number of ketones is 1.